The molecule has 76 valence electrons. The average Bonchev–Trinajstić information content (AvgIpc) is 2.42. The van der Waals surface area contributed by atoms with E-state index in [1.54, 1.807) is 0 Å². The lowest BCUT2D eigenvalue weighted by molar-refractivity contribution is -0.130. The minimum atomic E-state index is 0.0485. The van der Waals surface area contributed by atoms with Crippen LogP contribution in [0.15, 0.2) is 0 Å². The van der Waals surface area contributed by atoms with E-state index in [2.05, 4.69) is 19.2 Å². The second-order valence-electron chi connectivity index (χ2n) is 3.94. The third-order valence-corrected chi connectivity index (χ3v) is 2.67. The first-order chi connectivity index (χ1) is 6.11. The topological polar surface area (TPSA) is 32.3 Å². The van der Waals surface area contributed by atoms with Crippen molar-refractivity contribution in [1.29, 1.82) is 0 Å². The highest BCUT2D eigenvalue weighted by Gasteiger charge is 2.37. The monoisotopic (exact) mass is 184 g/mol. The average molecular weight is 184 g/mol. The van der Waals surface area contributed by atoms with Gasteiger partial charge >= 0.3 is 0 Å². The predicted molar refractivity (Wildman–Crippen MR) is 53.2 cm³/mol. The molecule has 0 aromatic rings. The van der Waals surface area contributed by atoms with Gasteiger partial charge in [-0.3, -0.25) is 10.1 Å². The lowest BCUT2D eigenvalue weighted by atomic mass is 10.1. The predicted octanol–water partition coefficient (Wildman–Crippen LogP) is 1.20. The highest BCUT2D eigenvalue weighted by molar-refractivity contribution is 5.84. The first kappa shape index (κ1) is 10.5. The summed E-state index contributed by atoms with van der Waals surface area (Å²) in [6.45, 7) is 9.18. The van der Waals surface area contributed by atoms with Crippen LogP contribution in [-0.2, 0) is 4.79 Å². The molecule has 3 nitrogen and oxygen atoms in total. The van der Waals surface area contributed by atoms with Crippen molar-refractivity contribution < 1.29 is 4.79 Å². The van der Waals surface area contributed by atoms with Gasteiger partial charge in [0.05, 0.1) is 12.2 Å². The van der Waals surface area contributed by atoms with Crippen molar-refractivity contribution in [3.63, 3.8) is 0 Å². The molecule has 0 aromatic heterocycles. The van der Waals surface area contributed by atoms with Crippen molar-refractivity contribution in [3.05, 3.63) is 0 Å². The van der Waals surface area contributed by atoms with Crippen LogP contribution in [0.4, 0.5) is 0 Å². The van der Waals surface area contributed by atoms with Crippen molar-refractivity contribution in [1.82, 2.24) is 10.2 Å². The first-order valence-electron chi connectivity index (χ1n) is 5.18. The largest absolute Gasteiger partial charge is 0.326 e. The maximum atomic E-state index is 11.7. The zero-order valence-electron chi connectivity index (χ0n) is 9.00. The summed E-state index contributed by atoms with van der Waals surface area (Å²) in [7, 11) is 0. The smallest absolute Gasteiger partial charge is 0.241 e. The van der Waals surface area contributed by atoms with Crippen LogP contribution in [0.2, 0.25) is 0 Å². The van der Waals surface area contributed by atoms with E-state index in [1.807, 2.05) is 18.7 Å². The molecule has 1 saturated heterocycles. The van der Waals surface area contributed by atoms with E-state index < -0.39 is 0 Å². The van der Waals surface area contributed by atoms with E-state index in [0.29, 0.717) is 5.92 Å². The molecule has 0 radical (unpaired) electrons. The summed E-state index contributed by atoms with van der Waals surface area (Å²) in [5.74, 6) is 0.754. The maximum Gasteiger partial charge on any atom is 0.241 e. The van der Waals surface area contributed by atoms with Gasteiger partial charge in [-0.1, -0.05) is 20.8 Å². The molecule has 1 heterocycles. The van der Waals surface area contributed by atoms with Crippen LogP contribution in [0.25, 0.3) is 0 Å². The molecule has 3 heteroatoms. The molecular formula is C10H20N2O. The fourth-order valence-corrected chi connectivity index (χ4v) is 1.90. The molecular weight excluding hydrogens is 164 g/mol. The van der Waals surface area contributed by atoms with Crippen LogP contribution >= 0.6 is 0 Å². The normalized spacial score (nSPS) is 29.0. The molecule has 1 fully saturated rings. The number of amides is 1. The molecule has 2 atom stereocenters. The quantitative estimate of drug-likeness (QED) is 0.714. The van der Waals surface area contributed by atoms with Gasteiger partial charge in [0.1, 0.15) is 0 Å². The van der Waals surface area contributed by atoms with Crippen LogP contribution in [0.3, 0.4) is 0 Å². The van der Waals surface area contributed by atoms with E-state index in [4.69, 9.17) is 0 Å². The number of carbonyl (C=O) groups excluding carboxylic acids is 1. The third-order valence-electron chi connectivity index (χ3n) is 2.67. The molecule has 1 N–H and O–H groups in total. The van der Waals surface area contributed by atoms with Crippen LogP contribution in [-0.4, -0.2) is 29.6 Å². The second kappa shape index (κ2) is 4.09. The Hall–Kier alpha value is -0.570. The Bertz CT molecular complexity index is 191. The lowest BCUT2D eigenvalue weighted by Gasteiger charge is -2.25. The fourth-order valence-electron chi connectivity index (χ4n) is 1.90. The Morgan fingerprint density at radius 2 is 2.08 bits per heavy atom. The first-order valence-corrected chi connectivity index (χ1v) is 5.18. The summed E-state index contributed by atoms with van der Waals surface area (Å²) in [5.41, 5.74) is 0. The van der Waals surface area contributed by atoms with Crippen molar-refractivity contribution in [2.24, 2.45) is 5.92 Å². The summed E-state index contributed by atoms with van der Waals surface area (Å²) in [4.78, 5) is 13.7. The summed E-state index contributed by atoms with van der Waals surface area (Å²) in [6, 6.07) is 0.0485. The van der Waals surface area contributed by atoms with E-state index in [-0.39, 0.29) is 18.1 Å². The Balaban J connectivity index is 2.72. The zero-order chi connectivity index (χ0) is 10.0. The van der Waals surface area contributed by atoms with Gasteiger partial charge in [0.15, 0.2) is 0 Å². The number of hydrogen-bond acceptors (Lipinski definition) is 2. The van der Waals surface area contributed by atoms with Crippen LogP contribution in [0, 0.1) is 5.92 Å². The van der Waals surface area contributed by atoms with E-state index >= 15 is 0 Å². The minimum absolute atomic E-state index is 0.0485. The molecule has 13 heavy (non-hydrogen) atoms. The van der Waals surface area contributed by atoms with Gasteiger partial charge in [0.25, 0.3) is 0 Å². The molecule has 0 bridgehead atoms. The number of hydrogen-bond donors (Lipinski definition) is 1. The second-order valence-corrected chi connectivity index (χ2v) is 3.94. The van der Waals surface area contributed by atoms with Crippen molar-refractivity contribution in [3.8, 4) is 0 Å². The van der Waals surface area contributed by atoms with Crippen molar-refractivity contribution in [2.75, 3.05) is 6.54 Å². The van der Waals surface area contributed by atoms with Gasteiger partial charge in [-0.15, -0.1) is 0 Å². The van der Waals surface area contributed by atoms with Gasteiger partial charge < -0.3 is 4.90 Å². The van der Waals surface area contributed by atoms with Gasteiger partial charge in [0, 0.05) is 6.54 Å². The maximum absolute atomic E-state index is 11.7. The molecule has 0 spiro atoms. The molecule has 1 aliphatic heterocycles. The summed E-state index contributed by atoms with van der Waals surface area (Å²) >= 11 is 0. The highest BCUT2D eigenvalue weighted by Crippen LogP contribution is 2.18. The van der Waals surface area contributed by atoms with Crippen molar-refractivity contribution >= 4 is 5.91 Å². The molecule has 0 saturated carbocycles. The standard InChI is InChI=1S/C10H20N2O/c1-5-8-10(13)12(6-2)9(11-8)7(3)4/h7-9,11H,5-6H2,1-4H3. The molecule has 1 amide bonds. The highest BCUT2D eigenvalue weighted by atomic mass is 16.2. The molecule has 1 rings (SSSR count). The lowest BCUT2D eigenvalue weighted by Crippen LogP contribution is -2.41. The Kier molecular flexibility index (Phi) is 3.31. The van der Waals surface area contributed by atoms with E-state index in [0.717, 1.165) is 13.0 Å². The number of carbonyl (C=O) groups is 1. The van der Waals surface area contributed by atoms with Crippen LogP contribution < -0.4 is 5.32 Å². The van der Waals surface area contributed by atoms with Gasteiger partial charge in [-0.2, -0.15) is 0 Å². The Morgan fingerprint density at radius 3 is 2.38 bits per heavy atom. The number of rotatable bonds is 3. The van der Waals surface area contributed by atoms with E-state index in [1.165, 1.54) is 0 Å². The third kappa shape index (κ3) is 1.85. The zero-order valence-corrected chi connectivity index (χ0v) is 9.00. The number of nitrogens with zero attached hydrogens (tertiary/aromatic N) is 1. The summed E-state index contributed by atoms with van der Waals surface area (Å²) < 4.78 is 0. The van der Waals surface area contributed by atoms with Crippen LogP contribution in [0.1, 0.15) is 34.1 Å². The van der Waals surface area contributed by atoms with Gasteiger partial charge in [-0.05, 0) is 19.3 Å². The molecule has 0 aromatic carbocycles. The summed E-state index contributed by atoms with van der Waals surface area (Å²) in [5, 5.41) is 3.37. The minimum Gasteiger partial charge on any atom is -0.326 e. The van der Waals surface area contributed by atoms with Gasteiger partial charge in [-0.25, -0.2) is 0 Å². The van der Waals surface area contributed by atoms with Crippen LogP contribution in [0.5, 0.6) is 0 Å². The van der Waals surface area contributed by atoms with Gasteiger partial charge in [0.2, 0.25) is 5.91 Å². The fraction of sp³-hybridized carbons (Fsp3) is 0.900. The molecule has 0 aliphatic carbocycles. The molecule has 2 unspecified atom stereocenters. The summed E-state index contributed by atoms with van der Waals surface area (Å²) in [6.07, 6.45) is 1.13. The Labute approximate surface area is 80.5 Å². The SMILES string of the molecule is CCC1NC(C(C)C)N(CC)C1=O. The van der Waals surface area contributed by atoms with Crippen molar-refractivity contribution in [2.45, 2.75) is 46.3 Å². The number of likely N-dealkylation sites (N-methyl/N-ethyl adjacent to an activating group) is 1. The number of nitrogens with one attached hydrogen (secondary N) is 1. The Morgan fingerprint density at radius 1 is 1.46 bits per heavy atom. The van der Waals surface area contributed by atoms with E-state index in [9.17, 15) is 4.79 Å². The molecule has 1 aliphatic rings.